The Kier molecular flexibility index (Phi) is 35.0. The average molecular weight is 639 g/mol. The lowest BCUT2D eigenvalue weighted by atomic mass is 9.80. The second-order valence-corrected chi connectivity index (χ2v) is 15.2. The van der Waals surface area contributed by atoms with Crippen LogP contribution in [0.2, 0.25) is 0 Å². The van der Waals surface area contributed by atoms with Gasteiger partial charge in [0.2, 0.25) is 0 Å². The highest BCUT2D eigenvalue weighted by molar-refractivity contribution is 4.80. The Bertz CT molecular complexity index is 506. The molecule has 0 unspecified atom stereocenters. The average Bonchev–Trinajstić information content (AvgIpc) is 3.01. The lowest BCUT2D eigenvalue weighted by molar-refractivity contribution is -0.0368. The molecule has 0 radical (unpaired) electrons. The van der Waals surface area contributed by atoms with Crippen molar-refractivity contribution in [2.24, 2.45) is 5.41 Å². The second-order valence-electron chi connectivity index (χ2n) is 15.2. The Morgan fingerprint density at radius 2 is 0.622 bits per heavy atom. The van der Waals surface area contributed by atoms with Gasteiger partial charge in [-0.2, -0.15) is 0 Å². The van der Waals surface area contributed by atoms with Crippen molar-refractivity contribution in [3.63, 3.8) is 0 Å². The lowest BCUT2D eigenvalue weighted by Crippen LogP contribution is -2.35. The van der Waals surface area contributed by atoms with Crippen molar-refractivity contribution in [2.75, 3.05) is 67.7 Å². The van der Waals surface area contributed by atoms with Gasteiger partial charge in [-0.25, -0.2) is 0 Å². The van der Waals surface area contributed by atoms with Crippen molar-refractivity contribution < 1.29 is 9.47 Å². The largest absolute Gasteiger partial charge is 0.381 e. The minimum atomic E-state index is 0.153. The minimum Gasteiger partial charge on any atom is -0.381 e. The summed E-state index contributed by atoms with van der Waals surface area (Å²) in [6, 6.07) is 0. The summed E-state index contributed by atoms with van der Waals surface area (Å²) < 4.78 is 12.9. The van der Waals surface area contributed by atoms with E-state index in [0.29, 0.717) is 0 Å². The fourth-order valence-electron chi connectivity index (χ4n) is 6.66. The second kappa shape index (κ2) is 35.2. The van der Waals surface area contributed by atoms with Gasteiger partial charge in [0.15, 0.2) is 0 Å². The van der Waals surface area contributed by atoms with Gasteiger partial charge >= 0.3 is 0 Å². The molecule has 272 valence electrons. The van der Waals surface area contributed by atoms with Crippen LogP contribution in [0.25, 0.3) is 0 Å². The molecule has 0 atom stereocenters. The summed E-state index contributed by atoms with van der Waals surface area (Å²) >= 11 is 0. The van der Waals surface area contributed by atoms with Crippen LogP contribution in [0.5, 0.6) is 0 Å². The van der Waals surface area contributed by atoms with E-state index in [0.717, 1.165) is 39.5 Å². The summed E-state index contributed by atoms with van der Waals surface area (Å²) in [5.74, 6) is 0. The number of rotatable bonds is 38. The molecule has 0 heterocycles. The molecule has 0 rings (SSSR count). The molecule has 0 fully saturated rings. The summed E-state index contributed by atoms with van der Waals surface area (Å²) in [6.07, 6.45) is 38.3. The molecule has 0 aromatic heterocycles. The SMILES string of the molecule is CCCCCCCCCCCCCCOCC(CCCN(C)C)(CCCN(C)C)COCCCCCCCCCCCCCC. The van der Waals surface area contributed by atoms with Crippen molar-refractivity contribution in [1.82, 2.24) is 9.80 Å². The molecular formula is C41H86N2O2. The van der Waals surface area contributed by atoms with Crippen molar-refractivity contribution in [3.05, 3.63) is 0 Å². The van der Waals surface area contributed by atoms with Crippen molar-refractivity contribution in [1.29, 1.82) is 0 Å². The fourth-order valence-corrected chi connectivity index (χ4v) is 6.66. The van der Waals surface area contributed by atoms with E-state index in [4.69, 9.17) is 9.47 Å². The molecule has 0 N–H and O–H groups in total. The van der Waals surface area contributed by atoms with Gasteiger partial charge in [-0.15, -0.1) is 0 Å². The molecule has 0 aliphatic heterocycles. The van der Waals surface area contributed by atoms with Gasteiger partial charge in [-0.3, -0.25) is 0 Å². The fraction of sp³-hybridized carbons (Fsp3) is 1.00. The molecule has 0 aliphatic rings. The van der Waals surface area contributed by atoms with Gasteiger partial charge < -0.3 is 19.3 Å². The Hall–Kier alpha value is -0.160. The van der Waals surface area contributed by atoms with Crippen LogP contribution < -0.4 is 0 Å². The number of hydrogen-bond acceptors (Lipinski definition) is 4. The van der Waals surface area contributed by atoms with E-state index in [1.165, 1.54) is 180 Å². The molecule has 0 saturated heterocycles. The van der Waals surface area contributed by atoms with E-state index >= 15 is 0 Å². The first kappa shape index (κ1) is 44.8. The maximum atomic E-state index is 6.47. The molecule has 4 heteroatoms. The normalized spacial score (nSPS) is 12.3. The standard InChI is InChI=1S/C41H86N2O2/c1-7-9-11-13-15-17-19-21-23-25-27-29-37-44-39-41(33-31-35-42(3)4,34-32-36-43(5)6)40-45-38-30-28-26-24-22-20-18-16-14-12-10-8-2/h7-40H2,1-6H3. The maximum Gasteiger partial charge on any atom is 0.0544 e. The van der Waals surface area contributed by atoms with E-state index in [1.807, 2.05) is 0 Å². The zero-order valence-electron chi connectivity index (χ0n) is 32.3. The summed E-state index contributed by atoms with van der Waals surface area (Å²) in [5, 5.41) is 0. The molecule has 0 amide bonds. The van der Waals surface area contributed by atoms with Gasteiger partial charge in [0.25, 0.3) is 0 Å². The summed E-state index contributed by atoms with van der Waals surface area (Å²) in [7, 11) is 8.79. The van der Waals surface area contributed by atoms with Crippen LogP contribution in [0.1, 0.15) is 194 Å². The third kappa shape index (κ3) is 33.5. The number of hydrogen-bond donors (Lipinski definition) is 0. The van der Waals surface area contributed by atoms with Crippen LogP contribution in [0, 0.1) is 5.41 Å². The van der Waals surface area contributed by atoms with Gasteiger partial charge in [0.05, 0.1) is 13.2 Å². The molecule has 0 bridgehead atoms. The molecular weight excluding hydrogens is 552 g/mol. The Morgan fingerprint density at radius 1 is 0.356 bits per heavy atom. The van der Waals surface area contributed by atoms with E-state index in [9.17, 15) is 0 Å². The zero-order valence-corrected chi connectivity index (χ0v) is 32.3. The molecule has 45 heavy (non-hydrogen) atoms. The van der Waals surface area contributed by atoms with E-state index in [2.05, 4.69) is 51.8 Å². The molecule has 0 spiro atoms. The monoisotopic (exact) mass is 639 g/mol. The smallest absolute Gasteiger partial charge is 0.0544 e. The summed E-state index contributed by atoms with van der Waals surface area (Å²) in [6.45, 7) is 10.5. The zero-order chi connectivity index (χ0) is 33.1. The Labute approximate surface area is 285 Å². The molecule has 0 saturated carbocycles. The first-order valence-corrected chi connectivity index (χ1v) is 20.4. The predicted octanol–water partition coefficient (Wildman–Crippen LogP) is 12.1. The third-order valence-corrected chi connectivity index (χ3v) is 9.73. The van der Waals surface area contributed by atoms with E-state index in [-0.39, 0.29) is 5.41 Å². The topological polar surface area (TPSA) is 24.9 Å². The van der Waals surface area contributed by atoms with Crippen LogP contribution in [0.3, 0.4) is 0 Å². The maximum absolute atomic E-state index is 6.47. The van der Waals surface area contributed by atoms with Crippen LogP contribution in [-0.2, 0) is 9.47 Å². The number of unbranched alkanes of at least 4 members (excludes halogenated alkanes) is 22. The number of nitrogens with zero attached hydrogens (tertiary/aromatic N) is 2. The van der Waals surface area contributed by atoms with Crippen LogP contribution in [0.15, 0.2) is 0 Å². The number of ether oxygens (including phenoxy) is 2. The van der Waals surface area contributed by atoms with Gasteiger partial charge in [-0.1, -0.05) is 155 Å². The van der Waals surface area contributed by atoms with E-state index in [1.54, 1.807) is 0 Å². The highest BCUT2D eigenvalue weighted by Gasteiger charge is 2.30. The first-order chi connectivity index (χ1) is 22.0. The van der Waals surface area contributed by atoms with Crippen molar-refractivity contribution in [3.8, 4) is 0 Å². The quantitative estimate of drug-likeness (QED) is 0.0628. The van der Waals surface area contributed by atoms with Crippen LogP contribution >= 0.6 is 0 Å². The van der Waals surface area contributed by atoms with Gasteiger partial charge in [0, 0.05) is 18.6 Å². The molecule has 4 nitrogen and oxygen atoms in total. The predicted molar refractivity (Wildman–Crippen MR) is 202 cm³/mol. The molecule has 0 aliphatic carbocycles. The summed E-state index contributed by atoms with van der Waals surface area (Å²) in [5.41, 5.74) is 0.153. The highest BCUT2D eigenvalue weighted by Crippen LogP contribution is 2.32. The summed E-state index contributed by atoms with van der Waals surface area (Å²) in [4.78, 5) is 4.65. The van der Waals surface area contributed by atoms with E-state index < -0.39 is 0 Å². The molecule has 0 aromatic rings. The van der Waals surface area contributed by atoms with Crippen LogP contribution in [0.4, 0.5) is 0 Å². The lowest BCUT2D eigenvalue weighted by Gasteiger charge is -2.34. The first-order valence-electron chi connectivity index (χ1n) is 20.4. The molecule has 0 aromatic carbocycles. The van der Waals surface area contributed by atoms with Crippen LogP contribution in [-0.4, -0.2) is 77.5 Å². The van der Waals surface area contributed by atoms with Gasteiger partial charge in [-0.05, 0) is 79.8 Å². The highest BCUT2D eigenvalue weighted by atomic mass is 16.5. The third-order valence-electron chi connectivity index (χ3n) is 9.73. The minimum absolute atomic E-state index is 0.153. The van der Waals surface area contributed by atoms with Crippen molar-refractivity contribution in [2.45, 2.75) is 194 Å². The van der Waals surface area contributed by atoms with Crippen molar-refractivity contribution >= 4 is 0 Å². The Morgan fingerprint density at radius 3 is 0.889 bits per heavy atom. The van der Waals surface area contributed by atoms with Gasteiger partial charge in [0.1, 0.15) is 0 Å². The Balaban J connectivity index is 4.36.